The summed E-state index contributed by atoms with van der Waals surface area (Å²) in [5.74, 6) is 0.693. The summed E-state index contributed by atoms with van der Waals surface area (Å²) in [6.45, 7) is 2.71. The number of anilines is 1. The van der Waals surface area contributed by atoms with Gasteiger partial charge in [-0.1, -0.05) is 6.92 Å². The van der Waals surface area contributed by atoms with E-state index in [1.54, 1.807) is 13.3 Å². The first-order valence-corrected chi connectivity index (χ1v) is 5.78. The van der Waals surface area contributed by atoms with Gasteiger partial charge in [-0.15, -0.1) is 0 Å². The number of hydrogen-bond donors (Lipinski definition) is 1. The summed E-state index contributed by atoms with van der Waals surface area (Å²) >= 11 is 9.06. The minimum atomic E-state index is 0.220. The molecule has 1 unspecified atom stereocenters. The molecule has 1 heterocycles. The van der Waals surface area contributed by atoms with Crippen LogP contribution in [0.25, 0.3) is 0 Å². The Kier molecular flexibility index (Phi) is 5.28. The van der Waals surface area contributed by atoms with Gasteiger partial charge in [0, 0.05) is 13.3 Å². The lowest BCUT2D eigenvalue weighted by atomic mass is 10.2. The first-order valence-electron chi connectivity index (χ1n) is 4.60. The van der Waals surface area contributed by atoms with E-state index < -0.39 is 0 Å². The van der Waals surface area contributed by atoms with Gasteiger partial charge >= 0.3 is 0 Å². The molecule has 1 rings (SSSR count). The predicted octanol–water partition coefficient (Wildman–Crippen LogP) is 2.73. The normalized spacial score (nSPS) is 12.5. The Morgan fingerprint density at radius 3 is 3.00 bits per heavy atom. The highest BCUT2D eigenvalue weighted by atomic mass is 79.9. The molecule has 84 valence electrons. The Labute approximate surface area is 103 Å². The number of hydrogen-bond acceptors (Lipinski definition) is 4. The number of halogens is 2. The molecule has 0 aromatic carbocycles. The molecular formula is C9H13BrClN3O. The van der Waals surface area contributed by atoms with Crippen LogP contribution in [0.5, 0.6) is 0 Å². The molecule has 1 aromatic rings. The van der Waals surface area contributed by atoms with Gasteiger partial charge in [0.1, 0.15) is 5.82 Å². The van der Waals surface area contributed by atoms with Crippen LogP contribution < -0.4 is 5.32 Å². The molecule has 1 aromatic heterocycles. The molecular weight excluding hydrogens is 281 g/mol. The Hall–Kier alpha value is -0.390. The smallest absolute Gasteiger partial charge is 0.224 e. The Morgan fingerprint density at radius 1 is 1.67 bits per heavy atom. The Bertz CT molecular complexity index is 324. The number of rotatable bonds is 5. The average Bonchev–Trinajstić information content (AvgIpc) is 2.22. The SMILES string of the molecule is CCC(COC)Nc1nc(Cl)ncc1Br. The zero-order valence-corrected chi connectivity index (χ0v) is 11.0. The summed E-state index contributed by atoms with van der Waals surface area (Å²) in [5, 5.41) is 3.46. The van der Waals surface area contributed by atoms with E-state index in [2.05, 4.69) is 38.1 Å². The van der Waals surface area contributed by atoms with Crippen LogP contribution in [0.15, 0.2) is 10.7 Å². The van der Waals surface area contributed by atoms with Gasteiger partial charge in [-0.05, 0) is 34.0 Å². The van der Waals surface area contributed by atoms with Crippen molar-refractivity contribution in [1.29, 1.82) is 0 Å². The molecule has 0 saturated carbocycles. The monoisotopic (exact) mass is 293 g/mol. The molecule has 0 aliphatic carbocycles. The molecule has 0 saturated heterocycles. The maximum atomic E-state index is 5.71. The zero-order valence-electron chi connectivity index (χ0n) is 8.63. The zero-order chi connectivity index (χ0) is 11.3. The van der Waals surface area contributed by atoms with Gasteiger partial charge in [0.2, 0.25) is 5.28 Å². The third-order valence-corrected chi connectivity index (χ3v) is 2.68. The maximum absolute atomic E-state index is 5.71. The first kappa shape index (κ1) is 12.7. The van der Waals surface area contributed by atoms with Gasteiger partial charge in [0.05, 0.1) is 17.1 Å². The molecule has 1 atom stereocenters. The van der Waals surface area contributed by atoms with Crippen molar-refractivity contribution in [3.63, 3.8) is 0 Å². The second kappa shape index (κ2) is 6.25. The molecule has 0 aliphatic heterocycles. The van der Waals surface area contributed by atoms with E-state index in [1.807, 2.05) is 0 Å². The van der Waals surface area contributed by atoms with Crippen molar-refractivity contribution in [3.8, 4) is 0 Å². The number of nitrogens with one attached hydrogen (secondary N) is 1. The van der Waals surface area contributed by atoms with Gasteiger partial charge in [0.15, 0.2) is 0 Å². The molecule has 0 spiro atoms. The molecule has 0 bridgehead atoms. The van der Waals surface area contributed by atoms with Crippen LogP contribution in [0, 0.1) is 0 Å². The summed E-state index contributed by atoms with van der Waals surface area (Å²) in [7, 11) is 1.67. The standard InChI is InChI=1S/C9H13BrClN3O/c1-3-6(5-15-2)13-8-7(10)4-12-9(11)14-8/h4,6H,3,5H2,1-2H3,(H,12,13,14). The van der Waals surface area contributed by atoms with Crippen LogP contribution in [0.3, 0.4) is 0 Å². The molecule has 0 fully saturated rings. The lowest BCUT2D eigenvalue weighted by molar-refractivity contribution is 0.184. The molecule has 15 heavy (non-hydrogen) atoms. The number of nitrogens with zero attached hydrogens (tertiary/aromatic N) is 2. The average molecular weight is 295 g/mol. The van der Waals surface area contributed by atoms with Crippen LogP contribution in [-0.4, -0.2) is 29.7 Å². The fraction of sp³-hybridized carbons (Fsp3) is 0.556. The topological polar surface area (TPSA) is 47.0 Å². The Balaban J connectivity index is 2.73. The third-order valence-electron chi connectivity index (χ3n) is 1.92. The quantitative estimate of drug-likeness (QED) is 0.848. The van der Waals surface area contributed by atoms with Crippen LogP contribution in [-0.2, 0) is 4.74 Å². The van der Waals surface area contributed by atoms with Gasteiger partial charge in [-0.2, -0.15) is 4.98 Å². The molecule has 0 radical (unpaired) electrons. The van der Waals surface area contributed by atoms with E-state index in [-0.39, 0.29) is 11.3 Å². The highest BCUT2D eigenvalue weighted by Gasteiger charge is 2.09. The van der Waals surface area contributed by atoms with E-state index in [4.69, 9.17) is 16.3 Å². The maximum Gasteiger partial charge on any atom is 0.224 e. The van der Waals surface area contributed by atoms with Crippen molar-refractivity contribution in [3.05, 3.63) is 16.0 Å². The fourth-order valence-corrected chi connectivity index (χ4v) is 1.54. The highest BCUT2D eigenvalue weighted by Crippen LogP contribution is 2.21. The van der Waals surface area contributed by atoms with Crippen LogP contribution in [0.2, 0.25) is 5.28 Å². The van der Waals surface area contributed by atoms with Gasteiger partial charge in [-0.3, -0.25) is 0 Å². The molecule has 4 nitrogen and oxygen atoms in total. The summed E-state index contributed by atoms with van der Waals surface area (Å²) in [4.78, 5) is 7.94. The van der Waals surface area contributed by atoms with Crippen LogP contribution in [0.1, 0.15) is 13.3 Å². The Morgan fingerprint density at radius 2 is 2.40 bits per heavy atom. The first-order chi connectivity index (χ1) is 7.17. The second-order valence-corrected chi connectivity index (χ2v) is 4.23. The summed E-state index contributed by atoms with van der Waals surface area (Å²) in [5.41, 5.74) is 0. The van der Waals surface area contributed by atoms with Crippen molar-refractivity contribution in [2.45, 2.75) is 19.4 Å². The van der Waals surface area contributed by atoms with E-state index in [9.17, 15) is 0 Å². The summed E-state index contributed by atoms with van der Waals surface area (Å²) < 4.78 is 5.88. The van der Waals surface area contributed by atoms with Crippen molar-refractivity contribution in [1.82, 2.24) is 9.97 Å². The summed E-state index contributed by atoms with van der Waals surface area (Å²) in [6, 6.07) is 0.220. The lowest BCUT2D eigenvalue weighted by Gasteiger charge is -2.17. The molecule has 1 N–H and O–H groups in total. The number of ether oxygens (including phenoxy) is 1. The molecule has 0 amide bonds. The minimum Gasteiger partial charge on any atom is -0.383 e. The van der Waals surface area contributed by atoms with Crippen molar-refractivity contribution >= 4 is 33.3 Å². The van der Waals surface area contributed by atoms with Crippen LogP contribution >= 0.6 is 27.5 Å². The fourth-order valence-electron chi connectivity index (χ4n) is 1.10. The van der Waals surface area contributed by atoms with Crippen molar-refractivity contribution in [2.24, 2.45) is 0 Å². The number of aromatic nitrogens is 2. The molecule has 6 heteroatoms. The van der Waals surface area contributed by atoms with E-state index in [0.717, 1.165) is 10.9 Å². The second-order valence-electron chi connectivity index (χ2n) is 3.04. The van der Waals surface area contributed by atoms with Gasteiger partial charge in [-0.25, -0.2) is 4.98 Å². The molecule has 0 aliphatic rings. The number of methoxy groups -OCH3 is 1. The highest BCUT2D eigenvalue weighted by molar-refractivity contribution is 9.10. The third kappa shape index (κ3) is 3.93. The largest absolute Gasteiger partial charge is 0.383 e. The lowest BCUT2D eigenvalue weighted by Crippen LogP contribution is -2.24. The van der Waals surface area contributed by atoms with Crippen molar-refractivity contribution in [2.75, 3.05) is 19.0 Å². The van der Waals surface area contributed by atoms with E-state index in [0.29, 0.717) is 12.4 Å². The minimum absolute atomic E-state index is 0.220. The van der Waals surface area contributed by atoms with E-state index >= 15 is 0 Å². The van der Waals surface area contributed by atoms with Crippen LogP contribution in [0.4, 0.5) is 5.82 Å². The summed E-state index contributed by atoms with van der Waals surface area (Å²) in [6.07, 6.45) is 2.57. The van der Waals surface area contributed by atoms with Gasteiger partial charge < -0.3 is 10.1 Å². The van der Waals surface area contributed by atoms with Crippen molar-refractivity contribution < 1.29 is 4.74 Å². The van der Waals surface area contributed by atoms with E-state index in [1.165, 1.54) is 0 Å². The predicted molar refractivity (Wildman–Crippen MR) is 64.3 cm³/mol. The van der Waals surface area contributed by atoms with Gasteiger partial charge in [0.25, 0.3) is 0 Å².